The Labute approximate surface area is 205 Å². The molecule has 0 radical (unpaired) electrons. The van der Waals surface area contributed by atoms with Crippen LogP contribution in [0.15, 0.2) is 30.3 Å². The zero-order valence-electron chi connectivity index (χ0n) is 18.1. The number of hydrogen-bond acceptors (Lipinski definition) is 12. The van der Waals surface area contributed by atoms with Gasteiger partial charge in [-0.15, -0.1) is 0 Å². The maximum atomic E-state index is 11.9. The third-order valence-electron chi connectivity index (χ3n) is 3.96. The number of nitrogens with zero attached hydrogens (tertiary/aromatic N) is 4. The molecule has 12 nitrogen and oxygen atoms in total. The Morgan fingerprint density at radius 2 is 1.09 bits per heavy atom. The van der Waals surface area contributed by atoms with Crippen molar-refractivity contribution >= 4 is 29.2 Å². The first-order valence-electron chi connectivity index (χ1n) is 8.80. The van der Waals surface area contributed by atoms with Crippen molar-refractivity contribution in [3.8, 4) is 23.5 Å². The predicted octanol–water partition coefficient (Wildman–Crippen LogP) is -1.84. The Morgan fingerprint density at radius 1 is 0.750 bits per heavy atom. The van der Waals surface area contributed by atoms with E-state index in [4.69, 9.17) is 18.9 Å². The molecule has 0 aliphatic carbocycles. The largest absolute Gasteiger partial charge is 1.00 e. The molecule has 2 N–H and O–H groups in total. The van der Waals surface area contributed by atoms with Crippen LogP contribution < -0.4 is 64.2 Å². The molecule has 0 saturated carbocycles. The molecule has 0 aliphatic rings. The van der Waals surface area contributed by atoms with Gasteiger partial charge in [0.05, 0.1) is 57.9 Å². The van der Waals surface area contributed by atoms with Gasteiger partial charge in [0, 0.05) is 5.56 Å². The first-order chi connectivity index (χ1) is 15.0. The van der Waals surface area contributed by atoms with Gasteiger partial charge in [0.1, 0.15) is 0 Å². The number of nitrogens with one attached hydrogen (secondary N) is 2. The van der Waals surface area contributed by atoms with E-state index in [1.54, 1.807) is 6.07 Å². The molecular formula is C19H19N6NaO6. The van der Waals surface area contributed by atoms with Crippen LogP contribution in [0.2, 0.25) is 0 Å². The Bertz CT molecular complexity index is 980. The number of methoxy groups -OCH3 is 4. The number of carbonyl (C=O) groups is 1. The zero-order chi connectivity index (χ0) is 22.4. The molecule has 0 saturated heterocycles. The van der Waals surface area contributed by atoms with Crippen LogP contribution in [-0.4, -0.2) is 54.3 Å². The molecule has 3 rings (SSSR count). The summed E-state index contributed by atoms with van der Waals surface area (Å²) in [5.74, 6) is -0.391. The van der Waals surface area contributed by atoms with Crippen LogP contribution in [0.4, 0.5) is 23.3 Å². The molecule has 2 heterocycles. The van der Waals surface area contributed by atoms with Crippen LogP contribution in [0, 0.1) is 0 Å². The quantitative estimate of drug-likeness (QED) is 0.352. The Morgan fingerprint density at radius 3 is 1.38 bits per heavy atom. The van der Waals surface area contributed by atoms with Crippen molar-refractivity contribution in [3.05, 3.63) is 35.9 Å². The average molecular weight is 450 g/mol. The molecule has 13 heteroatoms. The Balaban J connectivity index is 0.00000363. The number of carbonyl (C=O) groups excluding carboxylic acids is 1. The van der Waals surface area contributed by atoms with Crippen LogP contribution in [-0.2, 0) is 0 Å². The number of carboxylic acid groups (broad SMARTS) is 1. The van der Waals surface area contributed by atoms with Gasteiger partial charge < -0.3 is 39.5 Å². The van der Waals surface area contributed by atoms with E-state index >= 15 is 0 Å². The minimum Gasteiger partial charge on any atom is -0.545 e. The molecule has 0 bridgehead atoms. The third-order valence-corrected chi connectivity index (χ3v) is 3.96. The number of aromatic nitrogens is 4. The van der Waals surface area contributed by atoms with Crippen molar-refractivity contribution in [1.29, 1.82) is 0 Å². The number of aromatic carboxylic acids is 1. The van der Waals surface area contributed by atoms with Gasteiger partial charge >= 0.3 is 29.6 Å². The summed E-state index contributed by atoms with van der Waals surface area (Å²) in [4.78, 5) is 28.5. The summed E-state index contributed by atoms with van der Waals surface area (Å²) < 4.78 is 20.4. The Kier molecular flexibility index (Phi) is 8.81. The average Bonchev–Trinajstić information content (AvgIpc) is 2.78. The predicted molar refractivity (Wildman–Crippen MR) is 108 cm³/mol. The summed E-state index contributed by atoms with van der Waals surface area (Å²) in [7, 11) is 5.74. The summed E-state index contributed by atoms with van der Waals surface area (Å²) in [6.45, 7) is 0. The Hall–Kier alpha value is -3.35. The monoisotopic (exact) mass is 450 g/mol. The van der Waals surface area contributed by atoms with Crippen LogP contribution in [0.3, 0.4) is 0 Å². The van der Waals surface area contributed by atoms with E-state index in [2.05, 4.69) is 30.6 Å². The van der Waals surface area contributed by atoms with Gasteiger partial charge in [-0.2, -0.15) is 19.9 Å². The summed E-state index contributed by atoms with van der Waals surface area (Å²) in [5, 5.41) is 17.6. The summed E-state index contributed by atoms with van der Waals surface area (Å²) in [6.07, 6.45) is 0. The molecule has 2 aromatic heterocycles. The molecule has 0 spiro atoms. The minimum atomic E-state index is -1.45. The zero-order valence-corrected chi connectivity index (χ0v) is 20.1. The van der Waals surface area contributed by atoms with E-state index in [0.29, 0.717) is 0 Å². The molecule has 0 aliphatic heterocycles. The molecule has 0 unspecified atom stereocenters. The van der Waals surface area contributed by atoms with E-state index in [0.717, 1.165) is 0 Å². The fourth-order valence-electron chi connectivity index (χ4n) is 2.56. The molecule has 1 aromatic carbocycles. The number of anilines is 4. The molecular weight excluding hydrogens is 431 g/mol. The smallest absolute Gasteiger partial charge is 0.545 e. The molecule has 32 heavy (non-hydrogen) atoms. The standard InChI is InChI=1S/C19H20N6O6.Na/c1-28-12-8-13(29-2)23-18(22-12)20-10-6-5-7-11(16(10)17(26)27)21-19-24-14(30-3)9-15(25-19)31-4;/h5-9H,1-4H3,(H,26,27)(H,20,22,23)(H,21,24,25);/q;+1/p-1. The number of ether oxygens (including phenoxy) is 4. The van der Waals surface area contributed by atoms with Crippen LogP contribution in [0.25, 0.3) is 0 Å². The second kappa shape index (κ2) is 11.3. The summed E-state index contributed by atoms with van der Waals surface area (Å²) in [6, 6.07) is 7.63. The van der Waals surface area contributed by atoms with Gasteiger partial charge in [0.25, 0.3) is 0 Å². The van der Waals surface area contributed by atoms with E-state index in [1.165, 1.54) is 52.7 Å². The number of benzene rings is 1. The van der Waals surface area contributed by atoms with Gasteiger partial charge in [0.2, 0.25) is 35.4 Å². The van der Waals surface area contributed by atoms with Crippen LogP contribution in [0.1, 0.15) is 10.4 Å². The van der Waals surface area contributed by atoms with Crippen LogP contribution in [0.5, 0.6) is 23.5 Å². The van der Waals surface area contributed by atoms with Crippen molar-refractivity contribution in [2.45, 2.75) is 0 Å². The molecule has 162 valence electrons. The number of carboxylic acids is 1. The van der Waals surface area contributed by atoms with Gasteiger partial charge in [-0.05, 0) is 12.1 Å². The van der Waals surface area contributed by atoms with Crippen molar-refractivity contribution in [1.82, 2.24) is 19.9 Å². The first-order valence-corrected chi connectivity index (χ1v) is 8.80. The van der Waals surface area contributed by atoms with E-state index in [-0.39, 0.29) is 81.9 Å². The van der Waals surface area contributed by atoms with Gasteiger partial charge in [0.15, 0.2) is 0 Å². The molecule has 0 fully saturated rings. The second-order valence-corrected chi connectivity index (χ2v) is 5.82. The van der Waals surface area contributed by atoms with E-state index in [9.17, 15) is 9.90 Å². The molecule has 0 amide bonds. The fourth-order valence-corrected chi connectivity index (χ4v) is 2.56. The van der Waals surface area contributed by atoms with Crippen molar-refractivity contribution in [2.24, 2.45) is 0 Å². The minimum absolute atomic E-state index is 0. The summed E-state index contributed by atoms with van der Waals surface area (Å²) >= 11 is 0. The normalized spacial score (nSPS) is 9.88. The number of hydrogen-bond donors (Lipinski definition) is 2. The van der Waals surface area contributed by atoms with Crippen molar-refractivity contribution in [3.63, 3.8) is 0 Å². The number of rotatable bonds is 9. The van der Waals surface area contributed by atoms with Crippen molar-refractivity contribution < 1.29 is 58.4 Å². The third kappa shape index (κ3) is 5.87. The van der Waals surface area contributed by atoms with Gasteiger partial charge in [-0.25, -0.2) is 0 Å². The SMILES string of the molecule is COc1cc(OC)nc(Nc2cccc(Nc3nc(OC)cc(OC)n3)c2C(=O)[O-])n1.[Na+]. The topological polar surface area (TPSA) is 153 Å². The van der Waals surface area contributed by atoms with Gasteiger partial charge in [-0.3, -0.25) is 0 Å². The first kappa shape index (κ1) is 24.9. The van der Waals surface area contributed by atoms with Crippen molar-refractivity contribution in [2.75, 3.05) is 39.1 Å². The van der Waals surface area contributed by atoms with E-state index < -0.39 is 5.97 Å². The van der Waals surface area contributed by atoms with Gasteiger partial charge in [-0.1, -0.05) is 6.07 Å². The van der Waals surface area contributed by atoms with E-state index in [1.807, 2.05) is 0 Å². The maximum absolute atomic E-state index is 11.9. The summed E-state index contributed by atoms with van der Waals surface area (Å²) in [5.41, 5.74) is 0.128. The van der Waals surface area contributed by atoms with Crippen LogP contribution >= 0.6 is 0 Å². The molecule has 0 atom stereocenters. The second-order valence-electron chi connectivity index (χ2n) is 5.82. The maximum Gasteiger partial charge on any atom is 1.00 e. The fraction of sp³-hybridized carbons (Fsp3) is 0.211. The molecule has 3 aromatic rings.